The summed E-state index contributed by atoms with van der Waals surface area (Å²) in [5.41, 5.74) is 4.79. The fraction of sp³-hybridized carbons (Fsp3) is 0.231. The van der Waals surface area contributed by atoms with E-state index in [1.54, 1.807) is 14.2 Å². The van der Waals surface area contributed by atoms with Crippen LogP contribution in [0.2, 0.25) is 0 Å². The minimum Gasteiger partial charge on any atom is -0.493 e. The third-order valence-electron chi connectivity index (χ3n) is 5.23. The van der Waals surface area contributed by atoms with E-state index in [1.165, 1.54) is 5.56 Å². The lowest BCUT2D eigenvalue weighted by molar-refractivity contribution is 0.355. The van der Waals surface area contributed by atoms with Gasteiger partial charge in [-0.15, -0.1) is 0 Å². The summed E-state index contributed by atoms with van der Waals surface area (Å²) in [6.07, 6.45) is 0. The molecule has 5 heteroatoms. The molecule has 0 saturated heterocycles. The van der Waals surface area contributed by atoms with Crippen molar-refractivity contribution < 1.29 is 14.2 Å². The standard InChI is InChI=1S/C26H26N2O3/c1-16(2)18-7-9-19(10-8-18)26-22(12-6-17(3)27-26)31-25-13-11-20-14-23(29-4)24(30-5)15-21(20)28-25/h6-16H,1-5H3. The molecule has 0 spiro atoms. The van der Waals surface area contributed by atoms with Crippen LogP contribution in [-0.4, -0.2) is 24.2 Å². The highest BCUT2D eigenvalue weighted by Crippen LogP contribution is 2.35. The van der Waals surface area contributed by atoms with Crippen molar-refractivity contribution in [1.82, 2.24) is 9.97 Å². The van der Waals surface area contributed by atoms with Gasteiger partial charge in [-0.25, -0.2) is 9.97 Å². The van der Waals surface area contributed by atoms with Crippen LogP contribution in [0.5, 0.6) is 23.1 Å². The van der Waals surface area contributed by atoms with Gasteiger partial charge in [0.2, 0.25) is 5.88 Å². The van der Waals surface area contributed by atoms with Crippen molar-refractivity contribution in [2.75, 3.05) is 14.2 Å². The number of nitrogens with zero attached hydrogens (tertiary/aromatic N) is 2. The molecule has 2 aromatic carbocycles. The first-order chi connectivity index (χ1) is 15.0. The van der Waals surface area contributed by atoms with Gasteiger partial charge in [0, 0.05) is 28.8 Å². The highest BCUT2D eigenvalue weighted by atomic mass is 16.5. The number of hydrogen-bond acceptors (Lipinski definition) is 5. The van der Waals surface area contributed by atoms with E-state index in [9.17, 15) is 0 Å². The molecule has 5 nitrogen and oxygen atoms in total. The van der Waals surface area contributed by atoms with E-state index in [-0.39, 0.29) is 0 Å². The Balaban J connectivity index is 1.71. The number of fused-ring (bicyclic) bond motifs is 1. The molecule has 4 rings (SSSR count). The predicted octanol–water partition coefficient (Wildman–Crippen LogP) is 6.54. The van der Waals surface area contributed by atoms with Crippen molar-refractivity contribution in [3.8, 4) is 34.4 Å². The molecule has 0 fully saturated rings. The Hall–Kier alpha value is -3.60. The van der Waals surface area contributed by atoms with Gasteiger partial charge in [0.25, 0.3) is 0 Å². The average molecular weight is 415 g/mol. The van der Waals surface area contributed by atoms with Crippen LogP contribution in [0.4, 0.5) is 0 Å². The van der Waals surface area contributed by atoms with Gasteiger partial charge < -0.3 is 14.2 Å². The van der Waals surface area contributed by atoms with Crippen LogP contribution in [0.1, 0.15) is 31.0 Å². The molecule has 0 atom stereocenters. The molecule has 0 aliphatic heterocycles. The van der Waals surface area contributed by atoms with E-state index in [4.69, 9.17) is 19.2 Å². The molecule has 31 heavy (non-hydrogen) atoms. The van der Waals surface area contributed by atoms with Gasteiger partial charge in [-0.05, 0) is 42.7 Å². The SMILES string of the molecule is COc1cc2ccc(Oc3ccc(C)nc3-c3ccc(C(C)C)cc3)nc2cc1OC. The number of methoxy groups -OCH3 is 2. The third-order valence-corrected chi connectivity index (χ3v) is 5.23. The molecule has 2 aromatic heterocycles. The fourth-order valence-corrected chi connectivity index (χ4v) is 3.46. The maximum atomic E-state index is 6.19. The van der Waals surface area contributed by atoms with Crippen molar-refractivity contribution in [3.05, 3.63) is 71.9 Å². The molecule has 0 N–H and O–H groups in total. The second-order valence-electron chi connectivity index (χ2n) is 7.73. The number of ether oxygens (including phenoxy) is 3. The van der Waals surface area contributed by atoms with Gasteiger partial charge in [0.15, 0.2) is 17.2 Å². The van der Waals surface area contributed by atoms with E-state index >= 15 is 0 Å². The van der Waals surface area contributed by atoms with Crippen LogP contribution in [0.25, 0.3) is 22.2 Å². The predicted molar refractivity (Wildman–Crippen MR) is 123 cm³/mol. The van der Waals surface area contributed by atoms with Gasteiger partial charge in [-0.2, -0.15) is 0 Å². The second-order valence-corrected chi connectivity index (χ2v) is 7.73. The molecule has 4 aromatic rings. The number of benzene rings is 2. The summed E-state index contributed by atoms with van der Waals surface area (Å²) in [5, 5.41) is 0.941. The molecule has 0 aliphatic rings. The van der Waals surface area contributed by atoms with Gasteiger partial charge in [-0.3, -0.25) is 0 Å². The lowest BCUT2D eigenvalue weighted by atomic mass is 10.0. The zero-order valence-corrected chi connectivity index (χ0v) is 18.5. The highest BCUT2D eigenvalue weighted by molar-refractivity contribution is 5.83. The van der Waals surface area contributed by atoms with Crippen molar-refractivity contribution in [2.45, 2.75) is 26.7 Å². The van der Waals surface area contributed by atoms with Crippen LogP contribution in [0.3, 0.4) is 0 Å². The maximum absolute atomic E-state index is 6.19. The Bertz CT molecular complexity index is 1220. The van der Waals surface area contributed by atoms with E-state index in [0.717, 1.165) is 27.9 Å². The first-order valence-corrected chi connectivity index (χ1v) is 10.3. The molecule has 0 amide bonds. The molecule has 0 saturated carbocycles. The molecular weight excluding hydrogens is 388 g/mol. The van der Waals surface area contributed by atoms with E-state index in [0.29, 0.717) is 29.0 Å². The zero-order valence-electron chi connectivity index (χ0n) is 18.5. The summed E-state index contributed by atoms with van der Waals surface area (Å²) in [5.74, 6) is 2.93. The summed E-state index contributed by atoms with van der Waals surface area (Å²) < 4.78 is 17.0. The summed E-state index contributed by atoms with van der Waals surface area (Å²) in [6.45, 7) is 6.35. The number of aromatic nitrogens is 2. The van der Waals surface area contributed by atoms with Crippen molar-refractivity contribution in [1.29, 1.82) is 0 Å². The fourth-order valence-electron chi connectivity index (χ4n) is 3.46. The Morgan fingerprint density at radius 2 is 1.45 bits per heavy atom. The molecule has 2 heterocycles. The van der Waals surface area contributed by atoms with Crippen molar-refractivity contribution in [2.24, 2.45) is 0 Å². The molecule has 158 valence electrons. The van der Waals surface area contributed by atoms with Gasteiger partial charge in [0.1, 0.15) is 5.69 Å². The van der Waals surface area contributed by atoms with Crippen molar-refractivity contribution in [3.63, 3.8) is 0 Å². The number of pyridine rings is 2. The van der Waals surface area contributed by atoms with Crippen LogP contribution in [0.15, 0.2) is 60.7 Å². The summed E-state index contributed by atoms with van der Waals surface area (Å²) >= 11 is 0. The second kappa shape index (κ2) is 8.64. The van der Waals surface area contributed by atoms with Crippen molar-refractivity contribution >= 4 is 10.9 Å². The Labute approximate surface area is 182 Å². The van der Waals surface area contributed by atoms with Crippen LogP contribution in [0, 0.1) is 6.92 Å². The van der Waals surface area contributed by atoms with E-state index in [2.05, 4.69) is 43.1 Å². The summed E-state index contributed by atoms with van der Waals surface area (Å²) in [7, 11) is 3.23. The van der Waals surface area contributed by atoms with E-state index < -0.39 is 0 Å². The summed E-state index contributed by atoms with van der Waals surface area (Å²) in [4.78, 5) is 9.40. The molecule has 0 unspecified atom stereocenters. The maximum Gasteiger partial charge on any atom is 0.219 e. The Kier molecular flexibility index (Phi) is 5.76. The first-order valence-electron chi connectivity index (χ1n) is 10.3. The zero-order chi connectivity index (χ0) is 22.0. The molecule has 0 aliphatic carbocycles. The molecule has 0 radical (unpaired) electrons. The van der Waals surface area contributed by atoms with Crippen LogP contribution in [-0.2, 0) is 0 Å². The monoisotopic (exact) mass is 414 g/mol. The topological polar surface area (TPSA) is 53.5 Å². The van der Waals surface area contributed by atoms with Crippen LogP contribution < -0.4 is 14.2 Å². The minimum absolute atomic E-state index is 0.479. The number of rotatable bonds is 6. The lowest BCUT2D eigenvalue weighted by Gasteiger charge is -2.13. The van der Waals surface area contributed by atoms with E-state index in [1.807, 2.05) is 43.3 Å². The average Bonchev–Trinajstić information content (AvgIpc) is 2.79. The quantitative estimate of drug-likeness (QED) is 0.359. The minimum atomic E-state index is 0.479. The summed E-state index contributed by atoms with van der Waals surface area (Å²) in [6, 6.07) is 19.9. The third kappa shape index (κ3) is 4.31. The van der Waals surface area contributed by atoms with Gasteiger partial charge in [0.05, 0.1) is 19.7 Å². The van der Waals surface area contributed by atoms with Crippen LogP contribution >= 0.6 is 0 Å². The molecular formula is C26H26N2O3. The van der Waals surface area contributed by atoms with Gasteiger partial charge in [-0.1, -0.05) is 38.1 Å². The largest absolute Gasteiger partial charge is 0.493 e. The highest BCUT2D eigenvalue weighted by Gasteiger charge is 2.13. The normalized spacial score (nSPS) is 11.0. The lowest BCUT2D eigenvalue weighted by Crippen LogP contribution is -1.96. The molecule has 0 bridgehead atoms. The Morgan fingerprint density at radius 1 is 0.742 bits per heavy atom. The Morgan fingerprint density at radius 3 is 2.13 bits per heavy atom. The van der Waals surface area contributed by atoms with Gasteiger partial charge >= 0.3 is 0 Å². The number of aryl methyl sites for hydroxylation is 1. The smallest absolute Gasteiger partial charge is 0.219 e. The number of hydrogen-bond donors (Lipinski definition) is 0. The first kappa shape index (κ1) is 20.7.